The molecule has 164 valence electrons. The second-order valence-electron chi connectivity index (χ2n) is 6.70. The highest BCUT2D eigenvalue weighted by Gasteiger charge is 2.32. The molecule has 28 heavy (non-hydrogen) atoms. The molecule has 1 rings (SSSR count). The van der Waals surface area contributed by atoms with E-state index in [1.165, 1.54) is 0 Å². The molecule has 8 heteroatoms. The van der Waals surface area contributed by atoms with Crippen LogP contribution in [0.25, 0.3) is 0 Å². The van der Waals surface area contributed by atoms with Gasteiger partial charge in [0, 0.05) is 12.5 Å². The van der Waals surface area contributed by atoms with Gasteiger partial charge in [-0.2, -0.15) is 0 Å². The molecule has 8 nitrogen and oxygen atoms in total. The highest BCUT2D eigenvalue weighted by Crippen LogP contribution is 2.31. The number of carbonyl (C=O) groups excluding carboxylic acids is 2. The van der Waals surface area contributed by atoms with Crippen molar-refractivity contribution in [3.63, 3.8) is 0 Å². The van der Waals surface area contributed by atoms with Crippen LogP contribution in [0.1, 0.15) is 39.0 Å². The van der Waals surface area contributed by atoms with Crippen molar-refractivity contribution >= 4 is 12.4 Å². The first kappa shape index (κ1) is 24.8. The van der Waals surface area contributed by atoms with Crippen LogP contribution >= 0.6 is 0 Å². The lowest BCUT2D eigenvalue weighted by molar-refractivity contribution is -0.155. The van der Waals surface area contributed by atoms with Crippen LogP contribution in [0.5, 0.6) is 0 Å². The van der Waals surface area contributed by atoms with Crippen LogP contribution in [0.2, 0.25) is 0 Å². The third-order valence-corrected chi connectivity index (χ3v) is 4.53. The Bertz CT molecular complexity index is 390. The summed E-state index contributed by atoms with van der Waals surface area (Å²) in [6, 6.07) is 0. The van der Waals surface area contributed by atoms with Crippen LogP contribution in [0.15, 0.2) is 0 Å². The van der Waals surface area contributed by atoms with Crippen molar-refractivity contribution in [2.75, 3.05) is 66.1 Å². The SMILES string of the molecule is CCCOCCOCCOCCOCCOC(=O)C1CCCCC1COC=O. The van der Waals surface area contributed by atoms with Gasteiger partial charge in [0.1, 0.15) is 6.61 Å². The fourth-order valence-electron chi connectivity index (χ4n) is 3.09. The molecular formula is C20H36O8. The van der Waals surface area contributed by atoms with Gasteiger partial charge in [-0.15, -0.1) is 0 Å². The van der Waals surface area contributed by atoms with Crippen LogP contribution in [-0.4, -0.2) is 78.5 Å². The van der Waals surface area contributed by atoms with Crippen molar-refractivity contribution < 1.29 is 38.0 Å². The summed E-state index contributed by atoms with van der Waals surface area (Å²) in [5.74, 6) is -0.357. The van der Waals surface area contributed by atoms with Crippen molar-refractivity contribution in [1.29, 1.82) is 0 Å². The third kappa shape index (κ3) is 12.3. The zero-order valence-corrected chi connectivity index (χ0v) is 17.1. The molecule has 1 aliphatic rings. The molecule has 0 bridgehead atoms. The van der Waals surface area contributed by atoms with Gasteiger partial charge in [-0.1, -0.05) is 19.8 Å². The van der Waals surface area contributed by atoms with E-state index in [0.29, 0.717) is 52.7 Å². The molecule has 0 aliphatic heterocycles. The topological polar surface area (TPSA) is 89.5 Å². The molecule has 0 radical (unpaired) electrons. The minimum Gasteiger partial charge on any atom is -0.468 e. The van der Waals surface area contributed by atoms with E-state index in [1.807, 2.05) is 0 Å². The van der Waals surface area contributed by atoms with E-state index in [9.17, 15) is 9.59 Å². The maximum Gasteiger partial charge on any atom is 0.309 e. The fraction of sp³-hybridized carbons (Fsp3) is 0.900. The summed E-state index contributed by atoms with van der Waals surface area (Å²) >= 11 is 0. The normalized spacial score (nSPS) is 19.3. The summed E-state index contributed by atoms with van der Waals surface area (Å²) in [5, 5.41) is 0. The van der Waals surface area contributed by atoms with Gasteiger partial charge in [0.2, 0.25) is 0 Å². The lowest BCUT2D eigenvalue weighted by atomic mass is 9.80. The Hall–Kier alpha value is -1.22. The average Bonchev–Trinajstić information content (AvgIpc) is 2.72. The van der Waals surface area contributed by atoms with Gasteiger partial charge in [-0.25, -0.2) is 0 Å². The Morgan fingerprint density at radius 2 is 1.36 bits per heavy atom. The highest BCUT2D eigenvalue weighted by molar-refractivity contribution is 5.73. The number of ether oxygens (including phenoxy) is 6. The maximum atomic E-state index is 12.2. The molecule has 0 amide bonds. The van der Waals surface area contributed by atoms with Crippen LogP contribution in [-0.2, 0) is 38.0 Å². The number of rotatable bonds is 18. The second-order valence-corrected chi connectivity index (χ2v) is 6.70. The number of esters is 1. The zero-order chi connectivity index (χ0) is 20.3. The Morgan fingerprint density at radius 3 is 1.93 bits per heavy atom. The Labute approximate surface area is 168 Å². The third-order valence-electron chi connectivity index (χ3n) is 4.53. The molecule has 0 N–H and O–H groups in total. The van der Waals surface area contributed by atoms with Gasteiger partial charge in [0.15, 0.2) is 0 Å². The average molecular weight is 405 g/mol. The molecule has 0 aromatic rings. The van der Waals surface area contributed by atoms with Gasteiger partial charge >= 0.3 is 5.97 Å². The molecule has 1 saturated carbocycles. The van der Waals surface area contributed by atoms with E-state index in [1.54, 1.807) is 0 Å². The van der Waals surface area contributed by atoms with Crippen molar-refractivity contribution in [1.82, 2.24) is 0 Å². The first-order valence-electron chi connectivity index (χ1n) is 10.3. The van der Waals surface area contributed by atoms with Gasteiger partial charge in [-0.3, -0.25) is 9.59 Å². The molecule has 0 saturated heterocycles. The summed E-state index contributed by atoms with van der Waals surface area (Å²) in [5.41, 5.74) is 0. The van der Waals surface area contributed by atoms with E-state index in [0.717, 1.165) is 38.7 Å². The monoisotopic (exact) mass is 404 g/mol. The van der Waals surface area contributed by atoms with Gasteiger partial charge in [0.05, 0.1) is 58.8 Å². The summed E-state index contributed by atoms with van der Waals surface area (Å²) in [6.45, 7) is 7.25. The quantitative estimate of drug-likeness (QED) is 0.195. The van der Waals surface area contributed by atoms with Crippen molar-refractivity contribution in [2.45, 2.75) is 39.0 Å². The fourth-order valence-corrected chi connectivity index (χ4v) is 3.09. The van der Waals surface area contributed by atoms with E-state index >= 15 is 0 Å². The van der Waals surface area contributed by atoms with Gasteiger partial charge in [-0.05, 0) is 19.3 Å². The smallest absolute Gasteiger partial charge is 0.309 e. The van der Waals surface area contributed by atoms with Crippen molar-refractivity contribution in [3.8, 4) is 0 Å². The standard InChI is InChI=1S/C20H36O8/c1-2-7-23-8-9-24-10-11-25-12-13-26-14-15-28-20(22)19-6-4-3-5-18(19)16-27-17-21/h17-19H,2-16H2,1H3. The van der Waals surface area contributed by atoms with Gasteiger partial charge in [0.25, 0.3) is 6.47 Å². The molecule has 0 aromatic heterocycles. The number of hydrogen-bond donors (Lipinski definition) is 0. The molecule has 0 spiro atoms. The highest BCUT2D eigenvalue weighted by atomic mass is 16.6. The summed E-state index contributed by atoms with van der Waals surface area (Å²) in [6.07, 6.45) is 4.74. The predicted molar refractivity (Wildman–Crippen MR) is 102 cm³/mol. The summed E-state index contributed by atoms with van der Waals surface area (Å²) in [4.78, 5) is 22.6. The molecular weight excluding hydrogens is 368 g/mol. The summed E-state index contributed by atoms with van der Waals surface area (Å²) in [7, 11) is 0. The minimum absolute atomic E-state index is 0.0567. The van der Waals surface area contributed by atoms with E-state index in [-0.39, 0.29) is 31.0 Å². The lowest BCUT2D eigenvalue weighted by Crippen LogP contribution is -2.32. The largest absolute Gasteiger partial charge is 0.468 e. The molecule has 2 atom stereocenters. The van der Waals surface area contributed by atoms with Gasteiger partial charge < -0.3 is 28.4 Å². The lowest BCUT2D eigenvalue weighted by Gasteiger charge is -2.28. The van der Waals surface area contributed by atoms with Crippen LogP contribution in [0, 0.1) is 11.8 Å². The Balaban J connectivity index is 1.92. The van der Waals surface area contributed by atoms with E-state index in [4.69, 9.17) is 28.4 Å². The van der Waals surface area contributed by atoms with E-state index in [2.05, 4.69) is 6.92 Å². The van der Waals surface area contributed by atoms with E-state index < -0.39 is 0 Å². The number of carbonyl (C=O) groups is 2. The van der Waals surface area contributed by atoms with Crippen molar-refractivity contribution in [3.05, 3.63) is 0 Å². The van der Waals surface area contributed by atoms with Crippen LogP contribution in [0.3, 0.4) is 0 Å². The van der Waals surface area contributed by atoms with Crippen molar-refractivity contribution in [2.24, 2.45) is 11.8 Å². The predicted octanol–water partition coefficient (Wildman–Crippen LogP) is 1.99. The Kier molecular flexibility index (Phi) is 15.8. The molecule has 0 aromatic carbocycles. The first-order valence-corrected chi connectivity index (χ1v) is 10.3. The van der Waals surface area contributed by atoms with Crippen LogP contribution in [0.4, 0.5) is 0 Å². The maximum absolute atomic E-state index is 12.2. The molecule has 0 heterocycles. The van der Waals surface area contributed by atoms with Crippen LogP contribution < -0.4 is 0 Å². The number of hydrogen-bond acceptors (Lipinski definition) is 8. The first-order chi connectivity index (χ1) is 13.8. The summed E-state index contributed by atoms with van der Waals surface area (Å²) < 4.78 is 31.6. The molecule has 1 aliphatic carbocycles. The molecule has 2 unspecified atom stereocenters. The minimum atomic E-state index is -0.223. The second kappa shape index (κ2) is 17.8. The molecule has 1 fully saturated rings. The Morgan fingerprint density at radius 1 is 0.821 bits per heavy atom. The zero-order valence-electron chi connectivity index (χ0n) is 17.1.